The minimum absolute atomic E-state index is 0. The first-order valence-electron chi connectivity index (χ1n) is 4.51. The van der Waals surface area contributed by atoms with E-state index in [1.165, 1.54) is 24.1 Å². The van der Waals surface area contributed by atoms with Gasteiger partial charge in [-0.15, -0.1) is 24.8 Å². The third-order valence-electron chi connectivity index (χ3n) is 2.44. The van der Waals surface area contributed by atoms with Gasteiger partial charge in [0.15, 0.2) is 0 Å². The molecule has 0 aliphatic carbocycles. The van der Waals surface area contributed by atoms with E-state index in [4.69, 9.17) is 0 Å². The van der Waals surface area contributed by atoms with Gasteiger partial charge < -0.3 is 5.32 Å². The van der Waals surface area contributed by atoms with Crippen molar-refractivity contribution in [2.24, 2.45) is 7.05 Å². The maximum absolute atomic E-state index is 4.45. The van der Waals surface area contributed by atoms with Crippen LogP contribution in [0.25, 0.3) is 0 Å². The van der Waals surface area contributed by atoms with E-state index in [9.17, 15) is 0 Å². The van der Waals surface area contributed by atoms with Gasteiger partial charge in [-0.25, -0.2) is 0 Å². The predicted octanol–water partition coefficient (Wildman–Crippen LogP) is 2.00. The highest BCUT2D eigenvalue weighted by atomic mass is 35.5. The van der Waals surface area contributed by atoms with E-state index in [0.29, 0.717) is 6.04 Å². The lowest BCUT2D eigenvalue weighted by molar-refractivity contribution is 0.604. The second-order valence-corrected chi connectivity index (χ2v) is 3.52. The predicted molar refractivity (Wildman–Crippen MR) is 62.4 cm³/mol. The molecule has 1 N–H and O–H groups in total. The lowest BCUT2D eigenvalue weighted by Gasteiger charge is -2.06. The maximum atomic E-state index is 4.45. The smallest absolute Gasteiger partial charge is 0.0822 e. The summed E-state index contributed by atoms with van der Waals surface area (Å²) in [7, 11) is 1.98. The summed E-state index contributed by atoms with van der Waals surface area (Å²) < 4.78 is 1.89. The topological polar surface area (TPSA) is 29.9 Å². The zero-order chi connectivity index (χ0) is 8.55. The van der Waals surface area contributed by atoms with E-state index >= 15 is 0 Å². The molecular weight excluding hydrogens is 221 g/mol. The van der Waals surface area contributed by atoms with E-state index in [2.05, 4.69) is 23.5 Å². The first-order valence-corrected chi connectivity index (χ1v) is 4.51. The number of hydrogen-bond acceptors (Lipinski definition) is 2. The molecule has 2 heterocycles. The number of nitrogens with zero attached hydrogens (tertiary/aromatic N) is 2. The standard InChI is InChI=1S/C9H15N3.2ClH/c1-7-6-12(2)11-9(7)8-4-3-5-10-8;;/h6,8,10H,3-5H2,1-2H3;2*1H. The second kappa shape index (κ2) is 5.59. The van der Waals surface area contributed by atoms with Gasteiger partial charge in [-0.3, -0.25) is 4.68 Å². The Morgan fingerprint density at radius 1 is 1.50 bits per heavy atom. The van der Waals surface area contributed by atoms with Gasteiger partial charge in [0, 0.05) is 13.2 Å². The number of aryl methyl sites for hydroxylation is 2. The molecule has 1 unspecified atom stereocenters. The molecular formula is C9H17Cl2N3. The fourth-order valence-corrected chi connectivity index (χ4v) is 1.89. The van der Waals surface area contributed by atoms with Gasteiger partial charge in [0.25, 0.3) is 0 Å². The van der Waals surface area contributed by atoms with Gasteiger partial charge in [0.05, 0.1) is 11.7 Å². The van der Waals surface area contributed by atoms with Crippen molar-refractivity contribution in [2.45, 2.75) is 25.8 Å². The molecule has 0 bridgehead atoms. The molecule has 2 rings (SSSR count). The van der Waals surface area contributed by atoms with Crippen LogP contribution in [0.4, 0.5) is 0 Å². The Hall–Kier alpha value is -0.250. The highest BCUT2D eigenvalue weighted by Crippen LogP contribution is 2.23. The van der Waals surface area contributed by atoms with E-state index < -0.39 is 0 Å². The molecule has 1 aromatic rings. The van der Waals surface area contributed by atoms with Gasteiger partial charge in [-0.05, 0) is 31.9 Å². The molecule has 1 fully saturated rings. The van der Waals surface area contributed by atoms with E-state index in [0.717, 1.165) is 6.54 Å². The molecule has 5 heteroatoms. The fourth-order valence-electron chi connectivity index (χ4n) is 1.89. The zero-order valence-corrected chi connectivity index (χ0v) is 10.1. The molecule has 1 aliphatic heterocycles. The summed E-state index contributed by atoms with van der Waals surface area (Å²) in [5, 5.41) is 7.90. The Morgan fingerprint density at radius 2 is 2.21 bits per heavy atom. The lowest BCUT2D eigenvalue weighted by Crippen LogP contribution is -2.14. The summed E-state index contributed by atoms with van der Waals surface area (Å²) in [4.78, 5) is 0. The van der Waals surface area contributed by atoms with Crippen LogP contribution in [0.5, 0.6) is 0 Å². The molecule has 0 amide bonds. The Bertz CT molecular complexity index is 280. The van der Waals surface area contributed by atoms with Crippen molar-refractivity contribution in [3.8, 4) is 0 Å². The van der Waals surface area contributed by atoms with Crippen LogP contribution < -0.4 is 5.32 Å². The van der Waals surface area contributed by atoms with Gasteiger partial charge in [-0.1, -0.05) is 0 Å². The monoisotopic (exact) mass is 237 g/mol. The number of aromatic nitrogens is 2. The van der Waals surface area contributed by atoms with Crippen molar-refractivity contribution >= 4 is 24.8 Å². The van der Waals surface area contributed by atoms with Crippen LogP contribution in [0.15, 0.2) is 6.20 Å². The van der Waals surface area contributed by atoms with Crippen molar-refractivity contribution in [3.63, 3.8) is 0 Å². The summed E-state index contributed by atoms with van der Waals surface area (Å²) in [6.07, 6.45) is 4.59. The molecule has 0 radical (unpaired) electrons. The molecule has 0 spiro atoms. The highest BCUT2D eigenvalue weighted by molar-refractivity contribution is 5.85. The first kappa shape index (κ1) is 13.8. The van der Waals surface area contributed by atoms with Crippen molar-refractivity contribution < 1.29 is 0 Å². The Labute approximate surface area is 97.1 Å². The van der Waals surface area contributed by atoms with Gasteiger partial charge in [0.1, 0.15) is 0 Å². The quantitative estimate of drug-likeness (QED) is 0.810. The first-order chi connectivity index (χ1) is 5.77. The Morgan fingerprint density at radius 3 is 2.64 bits per heavy atom. The van der Waals surface area contributed by atoms with Gasteiger partial charge in [0.2, 0.25) is 0 Å². The molecule has 1 atom stereocenters. The molecule has 0 aromatic carbocycles. The van der Waals surface area contributed by atoms with Gasteiger partial charge in [-0.2, -0.15) is 5.10 Å². The SMILES string of the molecule is Cc1cn(C)nc1C1CCCN1.Cl.Cl. The summed E-state index contributed by atoms with van der Waals surface area (Å²) in [5.41, 5.74) is 2.53. The maximum Gasteiger partial charge on any atom is 0.0822 e. The third-order valence-corrected chi connectivity index (χ3v) is 2.44. The minimum Gasteiger partial charge on any atom is -0.309 e. The molecule has 3 nitrogen and oxygen atoms in total. The largest absolute Gasteiger partial charge is 0.309 e. The van der Waals surface area contributed by atoms with Crippen LogP contribution in [0.1, 0.15) is 30.1 Å². The molecule has 82 valence electrons. The van der Waals surface area contributed by atoms with E-state index in [1.807, 2.05) is 11.7 Å². The molecule has 1 aromatic heterocycles. The number of rotatable bonds is 1. The van der Waals surface area contributed by atoms with Crippen molar-refractivity contribution in [1.29, 1.82) is 0 Å². The molecule has 0 saturated carbocycles. The normalized spacial score (nSPS) is 20.0. The Balaban J connectivity index is 0.000000845. The average Bonchev–Trinajstić information content (AvgIpc) is 2.58. The number of halogens is 2. The number of hydrogen-bond donors (Lipinski definition) is 1. The second-order valence-electron chi connectivity index (χ2n) is 3.52. The van der Waals surface area contributed by atoms with Crippen LogP contribution in [0, 0.1) is 6.92 Å². The summed E-state index contributed by atoms with van der Waals surface area (Å²) in [5.74, 6) is 0. The summed E-state index contributed by atoms with van der Waals surface area (Å²) in [6.45, 7) is 3.27. The van der Waals surface area contributed by atoms with Crippen molar-refractivity contribution in [2.75, 3.05) is 6.54 Å². The highest BCUT2D eigenvalue weighted by Gasteiger charge is 2.20. The van der Waals surface area contributed by atoms with Crippen LogP contribution in [-0.4, -0.2) is 16.3 Å². The van der Waals surface area contributed by atoms with Crippen LogP contribution in [0.3, 0.4) is 0 Å². The molecule has 1 saturated heterocycles. The van der Waals surface area contributed by atoms with Crippen LogP contribution >= 0.6 is 24.8 Å². The molecule has 1 aliphatic rings. The zero-order valence-electron chi connectivity index (χ0n) is 8.49. The average molecular weight is 238 g/mol. The van der Waals surface area contributed by atoms with E-state index in [1.54, 1.807) is 0 Å². The Kier molecular flexibility index (Phi) is 5.49. The van der Waals surface area contributed by atoms with Crippen molar-refractivity contribution in [3.05, 3.63) is 17.5 Å². The lowest BCUT2D eigenvalue weighted by atomic mass is 10.1. The number of nitrogens with one attached hydrogen (secondary N) is 1. The minimum atomic E-state index is 0. The van der Waals surface area contributed by atoms with Gasteiger partial charge >= 0.3 is 0 Å². The summed E-state index contributed by atoms with van der Waals surface area (Å²) >= 11 is 0. The van der Waals surface area contributed by atoms with Crippen LogP contribution in [0.2, 0.25) is 0 Å². The third kappa shape index (κ3) is 2.62. The van der Waals surface area contributed by atoms with Crippen LogP contribution in [-0.2, 0) is 7.05 Å². The molecule has 14 heavy (non-hydrogen) atoms. The fraction of sp³-hybridized carbons (Fsp3) is 0.667. The summed E-state index contributed by atoms with van der Waals surface area (Å²) in [6, 6.07) is 0.506. The van der Waals surface area contributed by atoms with E-state index in [-0.39, 0.29) is 24.8 Å². The van der Waals surface area contributed by atoms with Crippen molar-refractivity contribution in [1.82, 2.24) is 15.1 Å².